The van der Waals surface area contributed by atoms with E-state index in [4.69, 9.17) is 0 Å². The molecule has 2 unspecified atom stereocenters. The number of nitrogens with one attached hydrogen (secondary N) is 1. The normalized spacial score (nSPS) is 25.5. The number of thioether (sulfide) groups is 1. The summed E-state index contributed by atoms with van der Waals surface area (Å²) in [5.74, 6) is -1.52. The monoisotopic (exact) mass is 355 g/mol. The van der Waals surface area contributed by atoms with Gasteiger partial charge in [0, 0.05) is 17.4 Å². The van der Waals surface area contributed by atoms with E-state index < -0.39 is 11.9 Å². The number of carbonyl (C=O) groups is 2. The second kappa shape index (κ2) is 6.71. The van der Waals surface area contributed by atoms with E-state index >= 15 is 0 Å². The molecule has 2 N–H and O–H groups in total. The molecule has 0 spiro atoms. The summed E-state index contributed by atoms with van der Waals surface area (Å²) < 4.78 is 0. The van der Waals surface area contributed by atoms with E-state index in [1.54, 1.807) is 11.8 Å². The van der Waals surface area contributed by atoms with Gasteiger partial charge in [0.15, 0.2) is 0 Å². The zero-order valence-corrected chi connectivity index (χ0v) is 14.7. The fourth-order valence-electron chi connectivity index (χ4n) is 3.56. The summed E-state index contributed by atoms with van der Waals surface area (Å²) in [5, 5.41) is 12.9. The minimum atomic E-state index is -0.877. The summed E-state index contributed by atoms with van der Waals surface area (Å²) in [6, 6.07) is 0. The van der Waals surface area contributed by atoms with Gasteiger partial charge in [-0.15, -0.1) is 11.8 Å². The van der Waals surface area contributed by atoms with Crippen LogP contribution in [0.15, 0.2) is 58.1 Å². The van der Waals surface area contributed by atoms with Gasteiger partial charge in [0.05, 0.1) is 11.2 Å². The molecule has 0 saturated heterocycles. The highest BCUT2D eigenvalue weighted by Gasteiger charge is 2.37. The van der Waals surface area contributed by atoms with Crippen LogP contribution in [-0.4, -0.2) is 28.8 Å². The van der Waals surface area contributed by atoms with E-state index in [-0.39, 0.29) is 23.6 Å². The van der Waals surface area contributed by atoms with Crippen LogP contribution < -0.4 is 5.32 Å². The maximum atomic E-state index is 12.1. The van der Waals surface area contributed by atoms with Crippen LogP contribution in [0.2, 0.25) is 0 Å². The summed E-state index contributed by atoms with van der Waals surface area (Å²) in [7, 11) is 0. The molecule has 130 valence electrons. The molecule has 1 aliphatic heterocycles. The maximum absolute atomic E-state index is 12.1. The summed E-state index contributed by atoms with van der Waals surface area (Å²) in [6.45, 7) is 0.156. The molecule has 4 rings (SSSR count). The Labute approximate surface area is 151 Å². The van der Waals surface area contributed by atoms with Gasteiger partial charge in [-0.2, -0.15) is 0 Å². The molecule has 1 heterocycles. The average Bonchev–Trinajstić information content (AvgIpc) is 3.45. The standard InChI is InChI=1S/C20H21NO3S/c22-19(12-9-10-12)21-11-15(20(23)24)18-13-5-1-3-7-16(13)25-17-8-4-2-6-14(17)18/h1,3,5-8,12,15-16H,2,4,9-11H2,(H,21,22)(H,23,24). The van der Waals surface area contributed by atoms with E-state index in [0.29, 0.717) is 0 Å². The number of carboxylic acids is 1. The topological polar surface area (TPSA) is 66.4 Å². The molecular formula is C20H21NO3S. The van der Waals surface area contributed by atoms with Crippen molar-refractivity contribution in [2.45, 2.75) is 30.9 Å². The SMILES string of the molecule is O=C(NCC(C(=O)O)C1=C2C=CC=CC2SC2=CCCC=C21)C1CC1. The lowest BCUT2D eigenvalue weighted by Gasteiger charge is -2.34. The highest BCUT2D eigenvalue weighted by Crippen LogP contribution is 2.48. The van der Waals surface area contributed by atoms with Crippen molar-refractivity contribution in [2.24, 2.45) is 11.8 Å². The molecule has 4 aliphatic rings. The number of fused-ring (bicyclic) bond motifs is 2. The maximum Gasteiger partial charge on any atom is 0.312 e. The molecule has 0 radical (unpaired) electrons. The van der Waals surface area contributed by atoms with Crippen molar-refractivity contribution < 1.29 is 14.7 Å². The molecular weight excluding hydrogens is 334 g/mol. The Morgan fingerprint density at radius 3 is 2.80 bits per heavy atom. The van der Waals surface area contributed by atoms with Crippen LogP contribution in [0.3, 0.4) is 0 Å². The van der Waals surface area contributed by atoms with Gasteiger partial charge in [-0.05, 0) is 42.4 Å². The molecule has 1 fully saturated rings. The number of hydrogen-bond donors (Lipinski definition) is 2. The highest BCUT2D eigenvalue weighted by atomic mass is 32.2. The summed E-state index contributed by atoms with van der Waals surface area (Å²) >= 11 is 1.79. The number of amides is 1. The number of aliphatic carboxylic acids is 1. The summed E-state index contributed by atoms with van der Waals surface area (Å²) in [5.41, 5.74) is 2.99. The zero-order valence-electron chi connectivity index (χ0n) is 13.9. The molecule has 5 heteroatoms. The smallest absolute Gasteiger partial charge is 0.312 e. The summed E-state index contributed by atoms with van der Waals surface area (Å²) in [6.07, 6.45) is 16.3. The van der Waals surface area contributed by atoms with Gasteiger partial charge in [0.1, 0.15) is 0 Å². The number of carboxylic acid groups (broad SMARTS) is 1. The predicted molar refractivity (Wildman–Crippen MR) is 98.9 cm³/mol. The molecule has 25 heavy (non-hydrogen) atoms. The quantitative estimate of drug-likeness (QED) is 0.794. The Morgan fingerprint density at radius 1 is 1.24 bits per heavy atom. The molecule has 1 amide bonds. The number of allylic oxidation sites excluding steroid dienone is 6. The molecule has 2 atom stereocenters. The molecule has 0 bridgehead atoms. The summed E-state index contributed by atoms with van der Waals surface area (Å²) in [4.78, 5) is 25.2. The van der Waals surface area contributed by atoms with E-state index in [1.165, 1.54) is 4.91 Å². The van der Waals surface area contributed by atoms with Crippen LogP contribution >= 0.6 is 11.8 Å². The first-order valence-corrected chi connectivity index (χ1v) is 9.70. The van der Waals surface area contributed by atoms with Gasteiger partial charge >= 0.3 is 5.97 Å². The Morgan fingerprint density at radius 2 is 2.04 bits per heavy atom. The average molecular weight is 355 g/mol. The minimum Gasteiger partial charge on any atom is -0.481 e. The predicted octanol–water partition coefficient (Wildman–Crippen LogP) is 3.36. The Hall–Kier alpha value is -2.01. The van der Waals surface area contributed by atoms with Crippen LogP contribution in [0.25, 0.3) is 0 Å². The third-order valence-corrected chi connectivity index (χ3v) is 6.33. The molecule has 1 saturated carbocycles. The van der Waals surface area contributed by atoms with Crippen molar-refractivity contribution in [1.29, 1.82) is 0 Å². The first kappa shape index (κ1) is 16.5. The lowest BCUT2D eigenvalue weighted by molar-refractivity contribution is -0.140. The van der Waals surface area contributed by atoms with Gasteiger partial charge in [-0.25, -0.2) is 0 Å². The van der Waals surface area contributed by atoms with Crippen LogP contribution in [0.5, 0.6) is 0 Å². The number of carbonyl (C=O) groups excluding carboxylic acids is 1. The second-order valence-electron chi connectivity index (χ2n) is 6.83. The molecule has 4 nitrogen and oxygen atoms in total. The Balaban J connectivity index is 1.70. The zero-order chi connectivity index (χ0) is 17.4. The fourth-order valence-corrected chi connectivity index (χ4v) is 4.87. The highest BCUT2D eigenvalue weighted by molar-refractivity contribution is 8.04. The van der Waals surface area contributed by atoms with Gasteiger partial charge < -0.3 is 10.4 Å². The van der Waals surface area contributed by atoms with E-state index in [0.717, 1.165) is 42.4 Å². The van der Waals surface area contributed by atoms with Crippen LogP contribution in [0.1, 0.15) is 25.7 Å². The Kier molecular flexibility index (Phi) is 4.42. The van der Waals surface area contributed by atoms with Gasteiger partial charge in [-0.1, -0.05) is 36.5 Å². The fraction of sp³-hybridized carbons (Fsp3) is 0.400. The molecule has 0 aromatic heterocycles. The van der Waals surface area contributed by atoms with E-state index in [2.05, 4.69) is 23.5 Å². The minimum absolute atomic E-state index is 0.00828. The first-order chi connectivity index (χ1) is 12.1. The Bertz CT molecular complexity index is 768. The lowest BCUT2D eigenvalue weighted by atomic mass is 9.82. The van der Waals surface area contributed by atoms with Gasteiger partial charge in [0.2, 0.25) is 5.91 Å². The first-order valence-electron chi connectivity index (χ1n) is 8.82. The third-order valence-electron chi connectivity index (χ3n) is 5.02. The van der Waals surface area contributed by atoms with Crippen molar-refractivity contribution >= 4 is 23.6 Å². The molecule has 0 aromatic rings. The van der Waals surface area contributed by atoms with E-state index in [1.807, 2.05) is 18.2 Å². The molecule has 3 aliphatic carbocycles. The van der Waals surface area contributed by atoms with Crippen molar-refractivity contribution in [3.05, 3.63) is 58.1 Å². The second-order valence-corrected chi connectivity index (χ2v) is 8.01. The van der Waals surface area contributed by atoms with Crippen LogP contribution in [0.4, 0.5) is 0 Å². The van der Waals surface area contributed by atoms with Crippen molar-refractivity contribution in [3.8, 4) is 0 Å². The van der Waals surface area contributed by atoms with Crippen molar-refractivity contribution in [2.75, 3.05) is 6.54 Å². The lowest BCUT2D eigenvalue weighted by Crippen LogP contribution is -2.37. The largest absolute Gasteiger partial charge is 0.481 e. The van der Waals surface area contributed by atoms with Gasteiger partial charge in [-0.3, -0.25) is 9.59 Å². The molecule has 0 aromatic carbocycles. The van der Waals surface area contributed by atoms with Gasteiger partial charge in [0.25, 0.3) is 0 Å². The van der Waals surface area contributed by atoms with Crippen LogP contribution in [0, 0.1) is 11.8 Å². The van der Waals surface area contributed by atoms with Crippen molar-refractivity contribution in [3.63, 3.8) is 0 Å². The number of hydrogen-bond acceptors (Lipinski definition) is 3. The van der Waals surface area contributed by atoms with Crippen LogP contribution in [-0.2, 0) is 9.59 Å². The van der Waals surface area contributed by atoms with E-state index in [9.17, 15) is 14.7 Å². The van der Waals surface area contributed by atoms with Crippen molar-refractivity contribution in [1.82, 2.24) is 5.32 Å². The number of rotatable bonds is 5. The third kappa shape index (κ3) is 3.25.